The molecule has 1 heteroatoms. The third-order valence-electron chi connectivity index (χ3n) is 4.97. The molecule has 0 spiro atoms. The summed E-state index contributed by atoms with van der Waals surface area (Å²) in [5.74, 6) is 0. The lowest BCUT2D eigenvalue weighted by Gasteiger charge is -2.44. The van der Waals surface area contributed by atoms with Crippen molar-refractivity contribution in [1.29, 1.82) is 0 Å². The van der Waals surface area contributed by atoms with Gasteiger partial charge in [-0.05, 0) is 44.9 Å². The predicted octanol–water partition coefficient (Wildman–Crippen LogP) is 5.15. The van der Waals surface area contributed by atoms with Gasteiger partial charge in [-0.1, -0.05) is 40.0 Å². The molecule has 0 saturated heterocycles. The van der Waals surface area contributed by atoms with Gasteiger partial charge < -0.3 is 4.48 Å². The molecular formula is C17H36N+. The Labute approximate surface area is 116 Å². The zero-order valence-electron chi connectivity index (χ0n) is 13.2. The summed E-state index contributed by atoms with van der Waals surface area (Å²) in [7, 11) is 0. The lowest BCUT2D eigenvalue weighted by molar-refractivity contribution is -0.951. The van der Waals surface area contributed by atoms with Gasteiger partial charge in [0.1, 0.15) is 0 Å². The predicted molar refractivity (Wildman–Crippen MR) is 81.8 cm³/mol. The molecule has 0 bridgehead atoms. The van der Waals surface area contributed by atoms with E-state index in [1.807, 2.05) is 0 Å². The quantitative estimate of drug-likeness (QED) is 0.473. The van der Waals surface area contributed by atoms with Gasteiger partial charge in [0.25, 0.3) is 0 Å². The van der Waals surface area contributed by atoms with Gasteiger partial charge in [0, 0.05) is 0 Å². The maximum Gasteiger partial charge on any atom is 0.0890 e. The van der Waals surface area contributed by atoms with Crippen LogP contribution in [0.3, 0.4) is 0 Å². The van der Waals surface area contributed by atoms with Crippen LogP contribution in [0.4, 0.5) is 0 Å². The van der Waals surface area contributed by atoms with Crippen LogP contribution in [0.25, 0.3) is 0 Å². The third kappa shape index (κ3) is 4.57. The first kappa shape index (κ1) is 16.0. The molecule has 0 aliphatic heterocycles. The zero-order valence-corrected chi connectivity index (χ0v) is 13.2. The van der Waals surface area contributed by atoms with Crippen LogP contribution in [0.5, 0.6) is 0 Å². The van der Waals surface area contributed by atoms with Gasteiger partial charge >= 0.3 is 0 Å². The second kappa shape index (κ2) is 8.96. The van der Waals surface area contributed by atoms with Gasteiger partial charge in [-0.2, -0.15) is 0 Å². The maximum absolute atomic E-state index is 2.35. The van der Waals surface area contributed by atoms with E-state index in [0.29, 0.717) is 0 Å². The summed E-state index contributed by atoms with van der Waals surface area (Å²) >= 11 is 0. The van der Waals surface area contributed by atoms with E-state index in [-0.39, 0.29) is 0 Å². The molecule has 1 rings (SSSR count). The molecule has 108 valence electrons. The zero-order chi connectivity index (χ0) is 13.3. The van der Waals surface area contributed by atoms with Crippen LogP contribution < -0.4 is 0 Å². The van der Waals surface area contributed by atoms with E-state index in [4.69, 9.17) is 0 Å². The average Bonchev–Trinajstić information content (AvgIpc) is 2.93. The summed E-state index contributed by atoms with van der Waals surface area (Å²) < 4.78 is 1.48. The van der Waals surface area contributed by atoms with E-state index in [9.17, 15) is 0 Å². The molecule has 0 radical (unpaired) electrons. The highest BCUT2D eigenvalue weighted by molar-refractivity contribution is 4.70. The van der Waals surface area contributed by atoms with Gasteiger partial charge in [0.15, 0.2) is 0 Å². The summed E-state index contributed by atoms with van der Waals surface area (Å²) in [5, 5.41) is 0. The number of unbranched alkanes of at least 4 members (excludes halogenated alkanes) is 3. The van der Waals surface area contributed by atoms with Crippen LogP contribution in [0, 0.1) is 0 Å². The maximum atomic E-state index is 2.35. The average molecular weight is 254 g/mol. The van der Waals surface area contributed by atoms with Crippen LogP contribution in [0.15, 0.2) is 0 Å². The molecule has 0 aromatic rings. The number of hydrogen-bond acceptors (Lipinski definition) is 0. The Bertz CT molecular complexity index is 172. The molecule has 0 amide bonds. The van der Waals surface area contributed by atoms with Gasteiger partial charge in [0.05, 0.1) is 25.7 Å². The second-order valence-electron chi connectivity index (χ2n) is 6.39. The molecule has 0 heterocycles. The number of nitrogens with zero attached hydrogens (tertiary/aromatic N) is 1. The van der Waals surface area contributed by atoms with E-state index in [1.165, 1.54) is 88.3 Å². The van der Waals surface area contributed by atoms with Crippen LogP contribution >= 0.6 is 0 Å². The Hall–Kier alpha value is -0.0400. The summed E-state index contributed by atoms with van der Waals surface area (Å²) in [6, 6.07) is 1.01. The lowest BCUT2D eigenvalue weighted by Crippen LogP contribution is -2.56. The molecule has 0 aromatic carbocycles. The monoisotopic (exact) mass is 254 g/mol. The van der Waals surface area contributed by atoms with Crippen molar-refractivity contribution in [1.82, 2.24) is 0 Å². The van der Waals surface area contributed by atoms with E-state index in [2.05, 4.69) is 20.8 Å². The van der Waals surface area contributed by atoms with Crippen LogP contribution in [-0.4, -0.2) is 30.2 Å². The van der Waals surface area contributed by atoms with Gasteiger partial charge in [-0.15, -0.1) is 0 Å². The van der Waals surface area contributed by atoms with Crippen molar-refractivity contribution in [3.63, 3.8) is 0 Å². The van der Waals surface area contributed by atoms with Crippen molar-refractivity contribution in [2.45, 2.75) is 91.0 Å². The van der Waals surface area contributed by atoms with Crippen molar-refractivity contribution in [2.75, 3.05) is 19.6 Å². The van der Waals surface area contributed by atoms with Crippen molar-refractivity contribution in [3.8, 4) is 0 Å². The van der Waals surface area contributed by atoms with Crippen molar-refractivity contribution >= 4 is 0 Å². The van der Waals surface area contributed by atoms with Crippen LogP contribution in [-0.2, 0) is 0 Å². The summed E-state index contributed by atoms with van der Waals surface area (Å²) in [6.45, 7) is 11.4. The molecule has 1 saturated carbocycles. The van der Waals surface area contributed by atoms with Gasteiger partial charge in [-0.25, -0.2) is 0 Å². The number of hydrogen-bond donors (Lipinski definition) is 0. The fraction of sp³-hybridized carbons (Fsp3) is 1.00. The summed E-state index contributed by atoms with van der Waals surface area (Å²) in [4.78, 5) is 0. The van der Waals surface area contributed by atoms with E-state index < -0.39 is 0 Å². The molecule has 1 aliphatic carbocycles. The molecule has 1 nitrogen and oxygen atoms in total. The third-order valence-corrected chi connectivity index (χ3v) is 4.97. The molecule has 1 fully saturated rings. The highest BCUT2D eigenvalue weighted by Gasteiger charge is 2.36. The Balaban J connectivity index is 2.68. The molecule has 0 atom stereocenters. The molecular weight excluding hydrogens is 218 g/mol. The summed E-state index contributed by atoms with van der Waals surface area (Å²) in [6.07, 6.45) is 14.4. The van der Waals surface area contributed by atoms with E-state index in [1.54, 1.807) is 0 Å². The Morgan fingerprint density at radius 2 is 1.11 bits per heavy atom. The van der Waals surface area contributed by atoms with Gasteiger partial charge in [0.2, 0.25) is 0 Å². The lowest BCUT2D eigenvalue weighted by atomic mass is 10.1. The first-order chi connectivity index (χ1) is 8.79. The normalized spacial score (nSPS) is 17.5. The van der Waals surface area contributed by atoms with Gasteiger partial charge in [-0.3, -0.25) is 0 Å². The van der Waals surface area contributed by atoms with Crippen LogP contribution in [0.2, 0.25) is 0 Å². The molecule has 0 N–H and O–H groups in total. The number of quaternary nitrogens is 1. The fourth-order valence-electron chi connectivity index (χ4n) is 3.75. The minimum Gasteiger partial charge on any atom is -0.321 e. The minimum atomic E-state index is 1.01. The molecule has 18 heavy (non-hydrogen) atoms. The van der Waals surface area contributed by atoms with E-state index in [0.717, 1.165) is 6.04 Å². The first-order valence-electron chi connectivity index (χ1n) is 8.64. The van der Waals surface area contributed by atoms with Crippen molar-refractivity contribution in [2.24, 2.45) is 0 Å². The Kier molecular flexibility index (Phi) is 7.97. The van der Waals surface area contributed by atoms with E-state index >= 15 is 0 Å². The second-order valence-corrected chi connectivity index (χ2v) is 6.39. The largest absolute Gasteiger partial charge is 0.321 e. The van der Waals surface area contributed by atoms with Crippen molar-refractivity contribution in [3.05, 3.63) is 0 Å². The fourth-order valence-corrected chi connectivity index (χ4v) is 3.75. The number of rotatable bonds is 10. The Morgan fingerprint density at radius 3 is 1.44 bits per heavy atom. The van der Waals surface area contributed by atoms with Crippen molar-refractivity contribution < 1.29 is 4.48 Å². The van der Waals surface area contributed by atoms with Crippen LogP contribution in [0.1, 0.15) is 85.0 Å². The topological polar surface area (TPSA) is 0 Å². The highest BCUT2D eigenvalue weighted by atomic mass is 15.4. The molecule has 1 aliphatic rings. The highest BCUT2D eigenvalue weighted by Crippen LogP contribution is 2.31. The standard InChI is InChI=1S/C17H36N/c1-4-7-14-18(15-8-5-2,16-9-6-3)17-12-10-11-13-17/h17H,4-16H2,1-3H3/q+1. The Morgan fingerprint density at radius 1 is 0.722 bits per heavy atom. The first-order valence-corrected chi connectivity index (χ1v) is 8.64. The smallest absolute Gasteiger partial charge is 0.0890 e. The molecule has 0 aromatic heterocycles. The summed E-state index contributed by atoms with van der Waals surface area (Å²) in [5.41, 5.74) is 0. The minimum absolute atomic E-state index is 1.01. The SMILES string of the molecule is CCCC[N+](CCCC)(CCCC)C1CCCC1. The molecule has 0 unspecified atom stereocenters.